The fourth-order valence-corrected chi connectivity index (χ4v) is 2.68. The topological polar surface area (TPSA) is 100 Å². The molecule has 8 nitrogen and oxygen atoms in total. The maximum absolute atomic E-state index is 12.3. The predicted octanol–water partition coefficient (Wildman–Crippen LogP) is 3.19. The van der Waals surface area contributed by atoms with Crippen molar-refractivity contribution >= 4 is 23.3 Å². The van der Waals surface area contributed by atoms with Crippen LogP contribution in [0.4, 0.5) is 10.5 Å². The lowest BCUT2D eigenvalue weighted by Gasteiger charge is -2.24. The highest BCUT2D eigenvalue weighted by molar-refractivity contribution is 6.31. The average Bonchev–Trinajstić information content (AvgIpc) is 3.12. The van der Waals surface area contributed by atoms with Gasteiger partial charge in [0.05, 0.1) is 12.2 Å². The van der Waals surface area contributed by atoms with Crippen molar-refractivity contribution in [1.82, 2.24) is 26.1 Å². The summed E-state index contributed by atoms with van der Waals surface area (Å²) in [4.78, 5) is 20.3. The lowest BCUT2D eigenvalue weighted by molar-refractivity contribution is 0.253. The summed E-state index contributed by atoms with van der Waals surface area (Å²) in [6, 6.07) is 4.93. The first-order valence-electron chi connectivity index (χ1n) is 8.80. The molecule has 1 unspecified atom stereocenters. The Morgan fingerprint density at radius 2 is 2.11 bits per heavy atom. The number of halogens is 1. The maximum Gasteiger partial charge on any atom is 0.324 e. The van der Waals surface area contributed by atoms with Crippen molar-refractivity contribution in [1.29, 1.82) is 0 Å². The van der Waals surface area contributed by atoms with Crippen LogP contribution in [-0.4, -0.2) is 22.0 Å². The molecule has 2 heterocycles. The third kappa shape index (κ3) is 5.34. The summed E-state index contributed by atoms with van der Waals surface area (Å²) in [6.07, 6.45) is 6.58. The van der Waals surface area contributed by atoms with Gasteiger partial charge < -0.3 is 15.5 Å². The summed E-state index contributed by atoms with van der Waals surface area (Å²) in [5, 5.41) is 6.10. The highest BCUT2D eigenvalue weighted by Crippen LogP contribution is 2.23. The van der Waals surface area contributed by atoms with Crippen molar-refractivity contribution < 1.29 is 9.53 Å². The van der Waals surface area contributed by atoms with Gasteiger partial charge in [0.15, 0.2) is 0 Å². The zero-order valence-electron chi connectivity index (χ0n) is 15.9. The van der Waals surface area contributed by atoms with Gasteiger partial charge in [-0.25, -0.2) is 15.2 Å². The second-order valence-electron chi connectivity index (χ2n) is 7.41. The molecule has 2 amide bonds. The quantitative estimate of drug-likeness (QED) is 0.612. The van der Waals surface area contributed by atoms with Gasteiger partial charge in [0.2, 0.25) is 5.88 Å². The normalized spacial score (nSPS) is 16.1. The lowest BCUT2D eigenvalue weighted by atomic mass is 9.87. The molecule has 4 N–H and O–H groups in total. The average molecular weight is 403 g/mol. The summed E-state index contributed by atoms with van der Waals surface area (Å²) in [5.41, 5.74) is 7.45. The molecule has 1 aliphatic heterocycles. The van der Waals surface area contributed by atoms with Crippen molar-refractivity contribution in [2.75, 3.05) is 5.32 Å². The highest BCUT2D eigenvalue weighted by atomic mass is 35.5. The van der Waals surface area contributed by atoms with Crippen LogP contribution in [0.3, 0.4) is 0 Å². The molecule has 3 rings (SSSR count). The Kier molecular flexibility index (Phi) is 6.01. The minimum Gasteiger partial charge on any atom is -0.472 e. The van der Waals surface area contributed by atoms with Gasteiger partial charge in [0.25, 0.3) is 0 Å². The van der Waals surface area contributed by atoms with Gasteiger partial charge in [-0.2, -0.15) is 0 Å². The van der Waals surface area contributed by atoms with Crippen LogP contribution >= 0.6 is 11.6 Å². The summed E-state index contributed by atoms with van der Waals surface area (Å²) in [7, 11) is 0. The summed E-state index contributed by atoms with van der Waals surface area (Å²) >= 11 is 6.22. The molecule has 148 valence electrons. The Morgan fingerprint density at radius 3 is 2.79 bits per heavy atom. The van der Waals surface area contributed by atoms with Crippen molar-refractivity contribution in [2.24, 2.45) is 5.41 Å². The number of benzene rings is 1. The number of anilines is 1. The number of ether oxygens (including phenoxy) is 1. The first-order chi connectivity index (χ1) is 13.3. The van der Waals surface area contributed by atoms with Crippen LogP contribution in [0.1, 0.15) is 26.3 Å². The van der Waals surface area contributed by atoms with Crippen LogP contribution in [-0.2, 0) is 6.61 Å². The van der Waals surface area contributed by atoms with Crippen LogP contribution in [0.2, 0.25) is 5.02 Å². The van der Waals surface area contributed by atoms with Gasteiger partial charge in [0.1, 0.15) is 12.4 Å². The number of hydrazine groups is 1. The van der Waals surface area contributed by atoms with E-state index in [2.05, 4.69) is 52.2 Å². The molecule has 1 aliphatic rings. The van der Waals surface area contributed by atoms with E-state index in [1.807, 2.05) is 6.08 Å². The summed E-state index contributed by atoms with van der Waals surface area (Å²) in [6.45, 7) is 6.55. The largest absolute Gasteiger partial charge is 0.472 e. The van der Waals surface area contributed by atoms with E-state index in [1.165, 1.54) is 6.20 Å². The number of rotatable bonds is 5. The molecule has 0 radical (unpaired) electrons. The van der Waals surface area contributed by atoms with Crippen LogP contribution in [0.15, 0.2) is 48.7 Å². The molecule has 0 spiro atoms. The summed E-state index contributed by atoms with van der Waals surface area (Å²) in [5.74, 6) is 1.01. The Hall–Kier alpha value is -2.84. The number of hydrogen-bond acceptors (Lipinski definition) is 6. The molecule has 0 bridgehead atoms. The number of carbonyl (C=O) groups is 1. The molecule has 0 saturated heterocycles. The van der Waals surface area contributed by atoms with Crippen molar-refractivity contribution in [2.45, 2.75) is 33.4 Å². The Labute approximate surface area is 168 Å². The Balaban J connectivity index is 1.59. The Bertz CT molecular complexity index is 866. The number of nitrogens with one attached hydrogen (secondary N) is 4. The minimum atomic E-state index is -0.363. The number of aromatic nitrogens is 2. The number of amides is 2. The van der Waals surface area contributed by atoms with E-state index in [-0.39, 0.29) is 24.1 Å². The van der Waals surface area contributed by atoms with Crippen molar-refractivity contribution in [3.8, 4) is 5.88 Å². The fourth-order valence-electron chi connectivity index (χ4n) is 2.50. The number of carbonyl (C=O) groups excluding carboxylic acids is 1. The molecular formula is C19H23ClN6O2. The number of nitrogens with zero attached hydrogens (tertiary/aromatic N) is 2. The molecule has 9 heteroatoms. The number of hydrogen-bond donors (Lipinski definition) is 4. The van der Waals surface area contributed by atoms with Crippen LogP contribution in [0.5, 0.6) is 5.88 Å². The van der Waals surface area contributed by atoms with Gasteiger partial charge in [-0.05, 0) is 29.7 Å². The second-order valence-corrected chi connectivity index (χ2v) is 7.82. The van der Waals surface area contributed by atoms with Gasteiger partial charge in [-0.15, -0.1) is 0 Å². The monoisotopic (exact) mass is 402 g/mol. The smallest absolute Gasteiger partial charge is 0.324 e. The van der Waals surface area contributed by atoms with E-state index in [9.17, 15) is 4.79 Å². The predicted molar refractivity (Wildman–Crippen MR) is 108 cm³/mol. The van der Waals surface area contributed by atoms with E-state index in [4.69, 9.17) is 16.3 Å². The molecule has 0 saturated carbocycles. The van der Waals surface area contributed by atoms with E-state index in [0.29, 0.717) is 22.4 Å². The number of urea groups is 1. The summed E-state index contributed by atoms with van der Waals surface area (Å²) < 4.78 is 5.57. The zero-order chi connectivity index (χ0) is 20.1. The van der Waals surface area contributed by atoms with Gasteiger partial charge in [-0.3, -0.25) is 10.3 Å². The van der Waals surface area contributed by atoms with Gasteiger partial charge >= 0.3 is 6.03 Å². The second kappa shape index (κ2) is 8.45. The molecule has 0 aliphatic carbocycles. The molecule has 1 aromatic carbocycles. The third-order valence-corrected chi connectivity index (χ3v) is 4.46. The van der Waals surface area contributed by atoms with Crippen LogP contribution in [0, 0.1) is 5.41 Å². The van der Waals surface area contributed by atoms with Gasteiger partial charge in [0, 0.05) is 28.7 Å². The van der Waals surface area contributed by atoms with Crippen molar-refractivity contribution in [3.05, 3.63) is 59.3 Å². The first kappa shape index (κ1) is 19.9. The van der Waals surface area contributed by atoms with Gasteiger partial charge in [-0.1, -0.05) is 32.4 Å². The standard InChI is InChI=1S/C19H23ClN6O2/c1-19(2,3)15-9-16(26-25-15)24-18(27)23-13-4-5-14(20)12(8-13)11-28-17-10-21-6-7-22-17/h4-10,15,25-26H,11H2,1-3H3,(H2,23,24,27). The lowest BCUT2D eigenvalue weighted by Crippen LogP contribution is -2.42. The highest BCUT2D eigenvalue weighted by Gasteiger charge is 2.27. The first-order valence-corrected chi connectivity index (χ1v) is 9.18. The maximum atomic E-state index is 12.3. The van der Waals surface area contributed by atoms with Crippen molar-refractivity contribution in [3.63, 3.8) is 0 Å². The fraction of sp³-hybridized carbons (Fsp3) is 0.316. The minimum absolute atomic E-state index is 0.0289. The van der Waals surface area contributed by atoms with E-state index >= 15 is 0 Å². The SMILES string of the molecule is CC(C)(C)C1C=C(NC(=O)Nc2ccc(Cl)c(COc3cnccn3)c2)NN1. The molecule has 0 fully saturated rings. The Morgan fingerprint density at radius 1 is 1.29 bits per heavy atom. The zero-order valence-corrected chi connectivity index (χ0v) is 16.7. The molecule has 28 heavy (non-hydrogen) atoms. The molecule has 1 aromatic heterocycles. The van der Waals surface area contributed by atoms with E-state index in [0.717, 1.165) is 5.56 Å². The third-order valence-electron chi connectivity index (χ3n) is 4.10. The molecule has 2 aromatic rings. The van der Waals surface area contributed by atoms with Crippen LogP contribution in [0.25, 0.3) is 0 Å². The van der Waals surface area contributed by atoms with Crippen LogP contribution < -0.4 is 26.2 Å². The molecule has 1 atom stereocenters. The molecular weight excluding hydrogens is 380 g/mol. The van der Waals surface area contributed by atoms with E-state index < -0.39 is 0 Å². The van der Waals surface area contributed by atoms with E-state index in [1.54, 1.807) is 30.6 Å².